The van der Waals surface area contributed by atoms with E-state index in [9.17, 15) is 15.3 Å². The quantitative estimate of drug-likeness (QED) is 0.157. The highest BCUT2D eigenvalue weighted by molar-refractivity contribution is 5.97. The molecule has 1 aromatic carbocycles. The lowest BCUT2D eigenvalue weighted by molar-refractivity contribution is 0.257. The molecule has 0 spiro atoms. The van der Waals surface area contributed by atoms with Crippen molar-refractivity contribution in [3.8, 4) is 11.6 Å². The van der Waals surface area contributed by atoms with E-state index >= 15 is 0 Å². The number of amidine groups is 1. The summed E-state index contributed by atoms with van der Waals surface area (Å²) in [6.07, 6.45) is 0. The number of anilines is 1. The van der Waals surface area contributed by atoms with Crippen molar-refractivity contribution in [2.45, 2.75) is 0 Å². The molecule has 0 amide bonds. The number of nitrogens with two attached hydrogens (primary N) is 1. The largest absolute Gasteiger partial charge is 0.503 e. The fraction of sp³-hybridized carbons (Fsp3) is 0. The number of aliphatic hydroxyl groups excluding tert-OH is 3. The van der Waals surface area contributed by atoms with Crippen molar-refractivity contribution in [1.29, 1.82) is 5.41 Å². The summed E-state index contributed by atoms with van der Waals surface area (Å²) in [5, 5.41) is 45.4. The number of nitrogens with one attached hydrogen (secondary N) is 2. The lowest BCUT2D eigenvalue weighted by Gasteiger charge is -2.20. The number of rotatable bonds is 5. The molecule has 10 nitrogen and oxygen atoms in total. The molecule has 132 valence electrons. The van der Waals surface area contributed by atoms with Crippen LogP contribution in [0.15, 0.2) is 75.8 Å². The van der Waals surface area contributed by atoms with Gasteiger partial charge in [0.05, 0.1) is 0 Å². The van der Waals surface area contributed by atoms with Crippen molar-refractivity contribution in [1.82, 2.24) is 4.98 Å². The van der Waals surface area contributed by atoms with Crippen molar-refractivity contribution >= 4 is 11.7 Å². The maximum absolute atomic E-state index is 9.57. The van der Waals surface area contributed by atoms with Gasteiger partial charge in [-0.1, -0.05) is 23.4 Å². The second kappa shape index (κ2) is 6.81. The molecular weight excluding hydrogens is 340 g/mol. The molecule has 1 aliphatic rings. The highest BCUT2D eigenvalue weighted by Gasteiger charge is 2.30. The molecule has 1 aliphatic carbocycles. The standard InChI is InChI=1S/C16H14N6O4/c17-16(21-22-18)8-6-10(20-12-13(23)15(25)14(12)24)19-11(7-8)26-9-4-2-1-3-5-9/h1-7,23-25H,(H,19,20)(H3,17,18,21). The van der Waals surface area contributed by atoms with Crippen LogP contribution in [0.25, 0.3) is 0 Å². The molecule has 0 saturated heterocycles. The Hall–Kier alpha value is -4.08. The average Bonchev–Trinajstić information content (AvgIpc) is 2.66. The molecular formula is C16H14N6O4. The molecule has 1 heterocycles. The second-order valence-electron chi connectivity index (χ2n) is 5.10. The zero-order valence-electron chi connectivity index (χ0n) is 13.2. The zero-order chi connectivity index (χ0) is 18.7. The highest BCUT2D eigenvalue weighted by Crippen LogP contribution is 2.31. The smallest absolute Gasteiger partial charge is 0.221 e. The molecule has 0 fully saturated rings. The molecule has 0 bridgehead atoms. The van der Waals surface area contributed by atoms with Gasteiger partial charge in [0.15, 0.2) is 17.4 Å². The van der Waals surface area contributed by atoms with Crippen molar-refractivity contribution in [2.24, 2.45) is 16.2 Å². The summed E-state index contributed by atoms with van der Waals surface area (Å²) in [7, 11) is 0. The summed E-state index contributed by atoms with van der Waals surface area (Å²) >= 11 is 0. The first-order chi connectivity index (χ1) is 12.5. The molecule has 0 saturated carbocycles. The molecule has 0 atom stereocenters. The van der Waals surface area contributed by atoms with E-state index in [-0.39, 0.29) is 28.8 Å². The summed E-state index contributed by atoms with van der Waals surface area (Å²) in [5.74, 6) is 3.88. The average molecular weight is 354 g/mol. The molecule has 3 rings (SSSR count). The van der Waals surface area contributed by atoms with Gasteiger partial charge in [-0.3, -0.25) is 5.41 Å². The van der Waals surface area contributed by atoms with Crippen LogP contribution in [0.4, 0.5) is 5.82 Å². The molecule has 7 N–H and O–H groups in total. The number of para-hydroxylation sites is 1. The number of hydrogen-bond donors (Lipinski definition) is 6. The predicted octanol–water partition coefficient (Wildman–Crippen LogP) is 3.05. The Balaban J connectivity index is 1.94. The first-order valence-corrected chi connectivity index (χ1v) is 7.27. The number of aromatic nitrogens is 1. The minimum absolute atomic E-state index is 0.107. The van der Waals surface area contributed by atoms with Gasteiger partial charge >= 0.3 is 0 Å². The van der Waals surface area contributed by atoms with Crippen LogP contribution in [0.1, 0.15) is 5.56 Å². The fourth-order valence-electron chi connectivity index (χ4n) is 2.13. The van der Waals surface area contributed by atoms with E-state index in [0.29, 0.717) is 5.75 Å². The lowest BCUT2D eigenvalue weighted by atomic mass is 10.1. The second-order valence-corrected chi connectivity index (χ2v) is 5.10. The van der Waals surface area contributed by atoms with E-state index in [2.05, 4.69) is 20.6 Å². The van der Waals surface area contributed by atoms with E-state index in [1.807, 2.05) is 6.07 Å². The first-order valence-electron chi connectivity index (χ1n) is 7.27. The Morgan fingerprint density at radius 1 is 1.08 bits per heavy atom. The molecule has 0 aliphatic heterocycles. The van der Waals surface area contributed by atoms with E-state index in [4.69, 9.17) is 16.0 Å². The number of aliphatic hydroxyl groups is 3. The monoisotopic (exact) mass is 354 g/mol. The van der Waals surface area contributed by atoms with Crippen molar-refractivity contribution in [2.75, 3.05) is 5.32 Å². The molecule has 0 unspecified atom stereocenters. The Morgan fingerprint density at radius 2 is 1.81 bits per heavy atom. The van der Waals surface area contributed by atoms with Gasteiger partial charge in [0.1, 0.15) is 17.3 Å². The summed E-state index contributed by atoms with van der Waals surface area (Å²) in [6.45, 7) is 0. The van der Waals surface area contributed by atoms with Gasteiger partial charge in [-0.15, -0.1) is 5.11 Å². The molecule has 2 aromatic rings. The third-order valence-electron chi connectivity index (χ3n) is 3.37. The van der Waals surface area contributed by atoms with Gasteiger partial charge < -0.3 is 31.2 Å². The maximum atomic E-state index is 9.57. The molecule has 0 radical (unpaired) electrons. The van der Waals surface area contributed by atoms with Gasteiger partial charge in [0.2, 0.25) is 11.6 Å². The minimum Gasteiger partial charge on any atom is -0.503 e. The van der Waals surface area contributed by atoms with Gasteiger partial charge in [0, 0.05) is 11.6 Å². The fourth-order valence-corrected chi connectivity index (χ4v) is 2.13. The summed E-state index contributed by atoms with van der Waals surface area (Å²) in [6, 6.07) is 11.7. The van der Waals surface area contributed by atoms with Gasteiger partial charge in [-0.05, 0) is 18.2 Å². The maximum Gasteiger partial charge on any atom is 0.221 e. The van der Waals surface area contributed by atoms with Crippen molar-refractivity contribution in [3.05, 3.63) is 71.0 Å². The number of ether oxygens (including phenoxy) is 1. The van der Waals surface area contributed by atoms with Crippen LogP contribution in [-0.2, 0) is 0 Å². The Kier molecular flexibility index (Phi) is 4.39. The van der Waals surface area contributed by atoms with Gasteiger partial charge in [-0.25, -0.2) is 0 Å². The molecule has 1 aromatic heterocycles. The Labute approximate surface area is 147 Å². The van der Waals surface area contributed by atoms with Crippen LogP contribution in [0, 0.1) is 5.41 Å². The first kappa shape index (κ1) is 16.8. The topological polar surface area (TPSA) is 169 Å². The number of nitrogens with zero attached hydrogens (tertiary/aromatic N) is 3. The Bertz CT molecular complexity index is 952. The zero-order valence-corrected chi connectivity index (χ0v) is 13.2. The van der Waals surface area contributed by atoms with Crippen LogP contribution in [-0.4, -0.2) is 26.1 Å². The summed E-state index contributed by atoms with van der Waals surface area (Å²) in [4.78, 5) is 4.19. The summed E-state index contributed by atoms with van der Waals surface area (Å²) < 4.78 is 5.64. The summed E-state index contributed by atoms with van der Waals surface area (Å²) in [5.41, 5.74) is 0.166. The van der Waals surface area contributed by atoms with Crippen molar-refractivity contribution in [3.63, 3.8) is 0 Å². The minimum atomic E-state index is -0.617. The lowest BCUT2D eigenvalue weighted by Crippen LogP contribution is -2.19. The number of hydrogen-bond acceptors (Lipinski definition) is 8. The van der Waals surface area contributed by atoms with Crippen LogP contribution in [0.3, 0.4) is 0 Å². The predicted molar refractivity (Wildman–Crippen MR) is 92.2 cm³/mol. The van der Waals surface area contributed by atoms with Gasteiger partial charge in [-0.2, -0.15) is 4.98 Å². The highest BCUT2D eigenvalue weighted by atomic mass is 16.5. The van der Waals surface area contributed by atoms with Crippen LogP contribution >= 0.6 is 0 Å². The number of benzene rings is 1. The third-order valence-corrected chi connectivity index (χ3v) is 3.37. The van der Waals surface area contributed by atoms with Gasteiger partial charge in [0.25, 0.3) is 0 Å². The molecule has 26 heavy (non-hydrogen) atoms. The van der Waals surface area contributed by atoms with Crippen LogP contribution in [0.2, 0.25) is 0 Å². The van der Waals surface area contributed by atoms with E-state index in [1.54, 1.807) is 24.3 Å². The van der Waals surface area contributed by atoms with Crippen molar-refractivity contribution < 1.29 is 20.1 Å². The number of pyridine rings is 1. The van der Waals surface area contributed by atoms with E-state index in [1.165, 1.54) is 12.1 Å². The van der Waals surface area contributed by atoms with Crippen LogP contribution in [0.5, 0.6) is 11.6 Å². The van der Waals surface area contributed by atoms with Crippen LogP contribution < -0.4 is 15.9 Å². The Morgan fingerprint density at radius 3 is 2.46 bits per heavy atom. The van der Waals surface area contributed by atoms with E-state index < -0.39 is 17.3 Å². The van der Waals surface area contributed by atoms with E-state index in [0.717, 1.165) is 0 Å². The SMILES string of the molecule is N=C(N=NN)c1cc(NC2=C(O)C(O)=C2O)nc(Oc2ccccc2)c1. The normalized spacial score (nSPS) is 13.7. The molecule has 10 heteroatoms. The third kappa shape index (κ3) is 3.24.